The van der Waals surface area contributed by atoms with Gasteiger partial charge < -0.3 is 18.7 Å². The fraction of sp³-hybridized carbons (Fsp3) is 0.708. The van der Waals surface area contributed by atoms with E-state index in [1.54, 1.807) is 6.26 Å². The molecular formula is C24H32O6. The molecule has 0 saturated heterocycles. The first kappa shape index (κ1) is 21.1. The molecule has 0 spiro atoms. The number of furan rings is 1. The first-order valence-electron chi connectivity index (χ1n) is 11.0. The van der Waals surface area contributed by atoms with E-state index in [2.05, 4.69) is 20.8 Å². The Labute approximate surface area is 177 Å². The van der Waals surface area contributed by atoms with Crippen molar-refractivity contribution in [3.63, 3.8) is 0 Å². The number of aldehydes is 1. The van der Waals surface area contributed by atoms with Crippen LogP contribution in [0.1, 0.15) is 71.1 Å². The SMILES string of the molecule is CC(=O)O[C@@H]1[C@@H](OC(C)=O)[C@@H]2C(C)(C)CCC[C@@]2(C)[C@@H]2Cc3occc3[C@H](C=O)[C@@H]12. The second-order valence-corrected chi connectivity index (χ2v) is 10.3. The summed E-state index contributed by atoms with van der Waals surface area (Å²) in [6.07, 6.45) is 5.11. The fourth-order valence-electron chi connectivity index (χ4n) is 7.31. The molecule has 0 aliphatic heterocycles. The summed E-state index contributed by atoms with van der Waals surface area (Å²) < 4.78 is 17.6. The third-order valence-corrected chi connectivity index (χ3v) is 8.14. The average Bonchev–Trinajstić information content (AvgIpc) is 3.10. The minimum atomic E-state index is -0.662. The maximum Gasteiger partial charge on any atom is 0.303 e. The van der Waals surface area contributed by atoms with Gasteiger partial charge in [-0.3, -0.25) is 9.59 Å². The summed E-state index contributed by atoms with van der Waals surface area (Å²) in [6, 6.07) is 1.84. The number of hydrogen-bond acceptors (Lipinski definition) is 6. The second kappa shape index (κ2) is 7.24. The highest BCUT2D eigenvalue weighted by Gasteiger charge is 2.66. The van der Waals surface area contributed by atoms with Crippen molar-refractivity contribution >= 4 is 18.2 Å². The van der Waals surface area contributed by atoms with Gasteiger partial charge in [0.15, 0.2) is 0 Å². The number of ether oxygens (including phenoxy) is 2. The lowest BCUT2D eigenvalue weighted by atomic mass is 9.42. The predicted molar refractivity (Wildman–Crippen MR) is 109 cm³/mol. The van der Waals surface area contributed by atoms with Crippen molar-refractivity contribution in [3.05, 3.63) is 23.7 Å². The van der Waals surface area contributed by atoms with Gasteiger partial charge in [-0.15, -0.1) is 0 Å². The molecule has 30 heavy (non-hydrogen) atoms. The number of carbonyl (C=O) groups is 3. The molecule has 0 radical (unpaired) electrons. The topological polar surface area (TPSA) is 82.8 Å². The van der Waals surface area contributed by atoms with Gasteiger partial charge in [-0.1, -0.05) is 27.2 Å². The molecular weight excluding hydrogens is 384 g/mol. The molecule has 7 atom stereocenters. The van der Waals surface area contributed by atoms with E-state index in [4.69, 9.17) is 13.9 Å². The van der Waals surface area contributed by atoms with Gasteiger partial charge in [-0.2, -0.15) is 0 Å². The molecule has 0 bridgehead atoms. The average molecular weight is 417 g/mol. The van der Waals surface area contributed by atoms with Crippen LogP contribution >= 0.6 is 0 Å². The molecule has 4 rings (SSSR count). The Balaban J connectivity index is 1.92. The molecule has 2 saturated carbocycles. The molecule has 6 heteroatoms. The Morgan fingerprint density at radius 3 is 2.40 bits per heavy atom. The normalized spacial score (nSPS) is 39.1. The monoisotopic (exact) mass is 416 g/mol. The summed E-state index contributed by atoms with van der Waals surface area (Å²) in [6.45, 7) is 9.48. The molecule has 164 valence electrons. The summed E-state index contributed by atoms with van der Waals surface area (Å²) in [5.41, 5.74) is 0.591. The van der Waals surface area contributed by atoms with Crippen LogP contribution in [0.5, 0.6) is 0 Å². The van der Waals surface area contributed by atoms with Crippen LogP contribution in [0.4, 0.5) is 0 Å². The van der Waals surface area contributed by atoms with Crippen molar-refractivity contribution in [3.8, 4) is 0 Å². The van der Waals surface area contributed by atoms with Crippen LogP contribution in [0.25, 0.3) is 0 Å². The van der Waals surface area contributed by atoms with Crippen molar-refractivity contribution in [1.29, 1.82) is 0 Å². The van der Waals surface area contributed by atoms with Gasteiger partial charge in [0.05, 0.1) is 6.26 Å². The minimum Gasteiger partial charge on any atom is -0.469 e. The van der Waals surface area contributed by atoms with E-state index < -0.39 is 24.1 Å². The van der Waals surface area contributed by atoms with Crippen molar-refractivity contribution in [2.45, 2.75) is 78.4 Å². The van der Waals surface area contributed by atoms with Gasteiger partial charge in [0.1, 0.15) is 24.3 Å². The third-order valence-electron chi connectivity index (χ3n) is 8.14. The van der Waals surface area contributed by atoms with Crippen molar-refractivity contribution < 1.29 is 28.3 Å². The maximum absolute atomic E-state index is 12.3. The molecule has 2 fully saturated rings. The van der Waals surface area contributed by atoms with Gasteiger partial charge >= 0.3 is 11.9 Å². The summed E-state index contributed by atoms with van der Waals surface area (Å²) in [5, 5.41) is 0. The number of esters is 2. The quantitative estimate of drug-likeness (QED) is 0.546. The first-order chi connectivity index (χ1) is 14.1. The van der Waals surface area contributed by atoms with E-state index in [9.17, 15) is 14.4 Å². The molecule has 6 nitrogen and oxygen atoms in total. The van der Waals surface area contributed by atoms with Crippen molar-refractivity contribution in [1.82, 2.24) is 0 Å². The van der Waals surface area contributed by atoms with Crippen LogP contribution in [0.15, 0.2) is 16.7 Å². The second-order valence-electron chi connectivity index (χ2n) is 10.3. The fourth-order valence-corrected chi connectivity index (χ4v) is 7.31. The molecule has 3 aliphatic carbocycles. The Morgan fingerprint density at radius 1 is 1.10 bits per heavy atom. The van der Waals surface area contributed by atoms with Gasteiger partial charge in [-0.25, -0.2) is 0 Å². The maximum atomic E-state index is 12.3. The van der Waals surface area contributed by atoms with Crippen LogP contribution in [0.2, 0.25) is 0 Å². The Hall–Kier alpha value is -2.11. The molecule has 0 aromatic carbocycles. The number of fused-ring (bicyclic) bond motifs is 4. The molecule has 0 amide bonds. The molecule has 3 aliphatic rings. The number of carbonyl (C=O) groups excluding carboxylic acids is 3. The van der Waals surface area contributed by atoms with Crippen LogP contribution in [0.3, 0.4) is 0 Å². The predicted octanol–water partition coefficient (Wildman–Crippen LogP) is 4.06. The number of rotatable bonds is 3. The van der Waals surface area contributed by atoms with E-state index in [1.807, 2.05) is 6.07 Å². The Bertz CT molecular complexity index is 854. The summed E-state index contributed by atoms with van der Waals surface area (Å²) in [7, 11) is 0. The van der Waals surface area contributed by atoms with Crippen LogP contribution in [0, 0.1) is 28.6 Å². The smallest absolute Gasteiger partial charge is 0.303 e. The lowest BCUT2D eigenvalue weighted by Gasteiger charge is -2.64. The summed E-state index contributed by atoms with van der Waals surface area (Å²) >= 11 is 0. The molecule has 1 aromatic heterocycles. The van der Waals surface area contributed by atoms with Crippen LogP contribution < -0.4 is 0 Å². The van der Waals surface area contributed by atoms with Crippen molar-refractivity contribution in [2.75, 3.05) is 0 Å². The van der Waals surface area contributed by atoms with E-state index in [0.717, 1.165) is 36.9 Å². The van der Waals surface area contributed by atoms with E-state index in [0.29, 0.717) is 6.42 Å². The minimum absolute atomic E-state index is 0.0112. The van der Waals surface area contributed by atoms with E-state index in [-0.39, 0.29) is 34.6 Å². The molecule has 1 heterocycles. The molecule has 0 unspecified atom stereocenters. The standard InChI is InChI=1S/C24H32O6/c1-13(26)29-20-19-16(12-25)15-7-10-28-18(15)11-17(19)24(5)9-6-8-23(3,4)22(24)21(20)30-14(2)27/h7,10,12,16-17,19-22H,6,8-9,11H2,1-5H3/t16-,17+,19+,20-,21+,22+,24-/m0/s1. The highest BCUT2D eigenvalue weighted by molar-refractivity contribution is 5.69. The zero-order valence-electron chi connectivity index (χ0n) is 18.5. The van der Waals surface area contributed by atoms with E-state index >= 15 is 0 Å². The van der Waals surface area contributed by atoms with Gasteiger partial charge in [-0.05, 0) is 35.7 Å². The Kier molecular flexibility index (Phi) is 5.10. The lowest BCUT2D eigenvalue weighted by molar-refractivity contribution is -0.236. The zero-order valence-corrected chi connectivity index (χ0v) is 18.5. The lowest BCUT2D eigenvalue weighted by Crippen LogP contribution is -2.66. The number of hydrogen-bond donors (Lipinski definition) is 0. The molecule has 1 aromatic rings. The highest BCUT2D eigenvalue weighted by atomic mass is 16.6. The van der Waals surface area contributed by atoms with Crippen molar-refractivity contribution in [2.24, 2.45) is 28.6 Å². The highest BCUT2D eigenvalue weighted by Crippen LogP contribution is 2.65. The van der Waals surface area contributed by atoms with Crippen LogP contribution in [-0.4, -0.2) is 30.4 Å². The van der Waals surface area contributed by atoms with Crippen LogP contribution in [-0.2, 0) is 30.3 Å². The third kappa shape index (κ3) is 3.10. The first-order valence-corrected chi connectivity index (χ1v) is 11.0. The van der Waals surface area contributed by atoms with Gasteiger partial charge in [0.2, 0.25) is 0 Å². The largest absolute Gasteiger partial charge is 0.469 e. The summed E-state index contributed by atoms with van der Waals surface area (Å²) in [5.74, 6) is -0.565. The van der Waals surface area contributed by atoms with E-state index in [1.165, 1.54) is 13.8 Å². The van der Waals surface area contributed by atoms with Gasteiger partial charge in [0, 0.05) is 43.6 Å². The zero-order chi connectivity index (χ0) is 21.8. The molecule has 0 N–H and O–H groups in total. The Morgan fingerprint density at radius 2 is 1.77 bits per heavy atom. The summed E-state index contributed by atoms with van der Waals surface area (Å²) in [4.78, 5) is 36.6. The van der Waals surface area contributed by atoms with Gasteiger partial charge in [0.25, 0.3) is 0 Å².